The topological polar surface area (TPSA) is 20.2 Å². The summed E-state index contributed by atoms with van der Waals surface area (Å²) in [4.78, 5) is 0. The van der Waals surface area contributed by atoms with E-state index < -0.39 is 0 Å². The van der Waals surface area contributed by atoms with Crippen LogP contribution in [0, 0.1) is 40.4 Å². The van der Waals surface area contributed by atoms with Crippen LogP contribution >= 0.6 is 0 Å². The van der Waals surface area contributed by atoms with E-state index in [9.17, 15) is 5.11 Å². The van der Waals surface area contributed by atoms with Gasteiger partial charge in [-0.1, -0.05) is 72.5 Å². The van der Waals surface area contributed by atoms with Crippen molar-refractivity contribution in [2.75, 3.05) is 0 Å². The fourth-order valence-corrected chi connectivity index (χ4v) is 8.17. The Kier molecular flexibility index (Phi) is 7.62. The molecule has 4 aliphatic carbocycles. The van der Waals surface area contributed by atoms with Crippen LogP contribution in [0.4, 0.5) is 0 Å². The number of fused-ring (bicyclic) bond motifs is 5. The molecule has 0 spiro atoms. The lowest BCUT2D eigenvalue weighted by atomic mass is 9.47. The molecule has 0 aromatic carbocycles. The molecule has 0 amide bonds. The van der Waals surface area contributed by atoms with Gasteiger partial charge in [0.2, 0.25) is 0 Å². The molecule has 168 valence electrons. The first-order chi connectivity index (χ1) is 13.8. The molecule has 3 saturated carbocycles. The summed E-state index contributed by atoms with van der Waals surface area (Å²) in [5.74, 6) is 4.64. The van der Waals surface area contributed by atoms with E-state index in [2.05, 4.69) is 33.8 Å². The Bertz CT molecular complexity index is 563. The molecule has 0 aromatic heterocycles. The molecule has 1 heteroatoms. The minimum Gasteiger partial charge on any atom is -0.393 e. The molecule has 4 aliphatic rings. The van der Waals surface area contributed by atoms with Crippen molar-refractivity contribution in [3.63, 3.8) is 0 Å². The van der Waals surface area contributed by atoms with Gasteiger partial charge in [-0.15, -0.1) is 0 Å². The lowest BCUT2D eigenvalue weighted by molar-refractivity contribution is -0.0508. The zero-order valence-electron chi connectivity index (χ0n) is 20.5. The molecule has 7 atom stereocenters. The number of aliphatic hydroxyl groups excluding tert-OH is 1. The normalized spacial score (nSPS) is 43.6. The molecule has 3 fully saturated rings. The van der Waals surface area contributed by atoms with Gasteiger partial charge in [0.1, 0.15) is 0 Å². The van der Waals surface area contributed by atoms with Gasteiger partial charge in [-0.05, 0) is 98.2 Å². The first kappa shape index (κ1) is 23.4. The van der Waals surface area contributed by atoms with Gasteiger partial charge in [-0.3, -0.25) is 0 Å². The molecule has 0 heterocycles. The van der Waals surface area contributed by atoms with Crippen LogP contribution in [0.5, 0.6) is 0 Å². The summed E-state index contributed by atoms with van der Waals surface area (Å²) in [5, 5.41) is 10.2. The van der Waals surface area contributed by atoms with Crippen LogP contribution in [0.15, 0.2) is 11.6 Å². The molecule has 1 nitrogen and oxygen atoms in total. The van der Waals surface area contributed by atoms with E-state index in [1.165, 1.54) is 64.2 Å². The highest BCUT2D eigenvalue weighted by Gasteiger charge is 2.58. The molecule has 0 bridgehead atoms. The summed E-state index contributed by atoms with van der Waals surface area (Å²) in [7, 11) is 0. The standard InChI is InChI=1S/C26H44O.C2H6/c1-18(2)7-5-6-8-19-10-12-23-22-11-9-20-17-21(27)13-15-26(20,4)24(22)14-16-25(19,23)3;1-2/h9,18-19,21-24,27H,5-8,10-17H2,1-4H3;1-2H3. The molecule has 29 heavy (non-hydrogen) atoms. The third-order valence-electron chi connectivity index (χ3n) is 9.86. The van der Waals surface area contributed by atoms with E-state index >= 15 is 0 Å². The number of hydrogen-bond acceptors (Lipinski definition) is 1. The predicted octanol–water partition coefficient (Wildman–Crippen LogP) is 8.17. The highest BCUT2D eigenvalue weighted by Crippen LogP contribution is 2.66. The number of unbranched alkanes of at least 4 members (excludes halogenated alkanes) is 1. The number of allylic oxidation sites excluding steroid dienone is 1. The summed E-state index contributed by atoms with van der Waals surface area (Å²) >= 11 is 0. The van der Waals surface area contributed by atoms with Crippen molar-refractivity contribution < 1.29 is 5.11 Å². The zero-order chi connectivity index (χ0) is 21.2. The summed E-state index contributed by atoms with van der Waals surface area (Å²) in [6.45, 7) is 14.0. The Hall–Kier alpha value is -0.300. The Labute approximate surface area is 182 Å². The van der Waals surface area contributed by atoms with Gasteiger partial charge in [0.05, 0.1) is 6.10 Å². The van der Waals surface area contributed by atoms with Gasteiger partial charge in [0.15, 0.2) is 0 Å². The van der Waals surface area contributed by atoms with Crippen molar-refractivity contribution >= 4 is 0 Å². The van der Waals surface area contributed by atoms with Gasteiger partial charge in [0, 0.05) is 0 Å². The fraction of sp³-hybridized carbons (Fsp3) is 0.929. The number of hydrogen-bond donors (Lipinski definition) is 1. The second-order valence-corrected chi connectivity index (χ2v) is 11.7. The van der Waals surface area contributed by atoms with Crippen LogP contribution in [-0.4, -0.2) is 11.2 Å². The van der Waals surface area contributed by atoms with E-state index in [4.69, 9.17) is 0 Å². The summed E-state index contributed by atoms with van der Waals surface area (Å²) in [6.07, 6.45) is 18.7. The molecule has 4 rings (SSSR count). The van der Waals surface area contributed by atoms with Crippen molar-refractivity contribution in [3.8, 4) is 0 Å². The number of rotatable bonds is 5. The molecule has 0 radical (unpaired) electrons. The van der Waals surface area contributed by atoms with Crippen LogP contribution in [0.2, 0.25) is 0 Å². The third kappa shape index (κ3) is 4.37. The smallest absolute Gasteiger partial charge is 0.0577 e. The van der Waals surface area contributed by atoms with Gasteiger partial charge in [-0.25, -0.2) is 0 Å². The maximum absolute atomic E-state index is 10.2. The van der Waals surface area contributed by atoms with Crippen LogP contribution in [0.3, 0.4) is 0 Å². The highest BCUT2D eigenvalue weighted by molar-refractivity contribution is 5.25. The first-order valence-electron chi connectivity index (χ1n) is 13.2. The molecule has 0 aromatic rings. The SMILES string of the molecule is CC.CC(C)CCCCC1CCC2C3CC=C4CC(O)CCC4(C)C3CCC12C. The number of aliphatic hydroxyl groups is 1. The molecule has 7 unspecified atom stereocenters. The Morgan fingerprint density at radius 3 is 2.48 bits per heavy atom. The molecular weight excluding hydrogens is 352 g/mol. The van der Waals surface area contributed by atoms with Crippen molar-refractivity contribution in [2.45, 2.75) is 125 Å². The quantitative estimate of drug-likeness (QED) is 0.363. The van der Waals surface area contributed by atoms with Crippen molar-refractivity contribution in [1.29, 1.82) is 0 Å². The van der Waals surface area contributed by atoms with E-state index in [1.54, 1.807) is 5.57 Å². The minimum atomic E-state index is -0.0727. The molecule has 0 aliphatic heterocycles. The van der Waals surface area contributed by atoms with Crippen molar-refractivity contribution in [3.05, 3.63) is 11.6 Å². The van der Waals surface area contributed by atoms with E-state index in [-0.39, 0.29) is 6.10 Å². The van der Waals surface area contributed by atoms with Crippen LogP contribution in [-0.2, 0) is 0 Å². The van der Waals surface area contributed by atoms with Gasteiger partial charge in [-0.2, -0.15) is 0 Å². The largest absolute Gasteiger partial charge is 0.393 e. The average molecular weight is 403 g/mol. The molecular formula is C28H50O. The van der Waals surface area contributed by atoms with Crippen molar-refractivity contribution in [1.82, 2.24) is 0 Å². The molecule has 1 N–H and O–H groups in total. The van der Waals surface area contributed by atoms with Gasteiger partial charge < -0.3 is 5.11 Å². The van der Waals surface area contributed by atoms with E-state index in [0.717, 1.165) is 42.4 Å². The maximum atomic E-state index is 10.2. The second-order valence-electron chi connectivity index (χ2n) is 11.7. The lowest BCUT2D eigenvalue weighted by Gasteiger charge is -2.58. The van der Waals surface area contributed by atoms with Gasteiger partial charge >= 0.3 is 0 Å². The highest BCUT2D eigenvalue weighted by atomic mass is 16.3. The van der Waals surface area contributed by atoms with E-state index in [1.807, 2.05) is 13.8 Å². The fourth-order valence-electron chi connectivity index (χ4n) is 8.17. The van der Waals surface area contributed by atoms with Crippen LogP contribution in [0.1, 0.15) is 119 Å². The molecule has 0 saturated heterocycles. The summed E-state index contributed by atoms with van der Waals surface area (Å²) in [6, 6.07) is 0. The minimum absolute atomic E-state index is 0.0727. The third-order valence-corrected chi connectivity index (χ3v) is 9.86. The first-order valence-corrected chi connectivity index (χ1v) is 13.2. The van der Waals surface area contributed by atoms with Crippen LogP contribution < -0.4 is 0 Å². The maximum Gasteiger partial charge on any atom is 0.0577 e. The van der Waals surface area contributed by atoms with Crippen LogP contribution in [0.25, 0.3) is 0 Å². The summed E-state index contributed by atoms with van der Waals surface area (Å²) < 4.78 is 0. The monoisotopic (exact) mass is 402 g/mol. The zero-order valence-corrected chi connectivity index (χ0v) is 20.5. The predicted molar refractivity (Wildman–Crippen MR) is 126 cm³/mol. The Morgan fingerprint density at radius 2 is 1.76 bits per heavy atom. The Balaban J connectivity index is 0.00000117. The van der Waals surface area contributed by atoms with E-state index in [0.29, 0.717) is 10.8 Å². The average Bonchev–Trinajstić information content (AvgIpc) is 3.03. The second kappa shape index (κ2) is 9.46. The Morgan fingerprint density at radius 1 is 1.00 bits per heavy atom. The summed E-state index contributed by atoms with van der Waals surface area (Å²) in [5.41, 5.74) is 2.64. The lowest BCUT2D eigenvalue weighted by Crippen LogP contribution is -2.50. The van der Waals surface area contributed by atoms with Gasteiger partial charge in [0.25, 0.3) is 0 Å². The van der Waals surface area contributed by atoms with Crippen molar-refractivity contribution in [2.24, 2.45) is 40.4 Å².